The number of halogens is 2. The molecule has 8 heteroatoms. The van der Waals surface area contributed by atoms with Crippen LogP contribution in [0.2, 0.25) is 0 Å². The minimum atomic E-state index is -0.240. The third kappa shape index (κ3) is 7.40. The minimum Gasteiger partial charge on any atom is -0.380 e. The standard InChI is InChI=1S/C23H33FN4OS.HI/c1-4-25-23(26-14-17-9-10-20(24)19(13-17)16-29-3)27-15-18-7-5-11-28(2)22(18)21-8-6-12-30-21;/h6,8-10,12-13,18,22H,4-5,7,11,14-16H2,1-3H3,(H2,25,26,27);1H. The van der Waals surface area contributed by atoms with E-state index in [0.29, 0.717) is 24.1 Å². The predicted molar refractivity (Wildman–Crippen MR) is 138 cm³/mol. The number of ether oxygens (including phenoxy) is 1. The van der Waals surface area contributed by atoms with Crippen molar-refractivity contribution >= 4 is 41.3 Å². The molecule has 2 heterocycles. The molecule has 172 valence electrons. The van der Waals surface area contributed by atoms with Gasteiger partial charge in [0, 0.05) is 36.7 Å². The highest BCUT2D eigenvalue weighted by Gasteiger charge is 2.31. The lowest BCUT2D eigenvalue weighted by Gasteiger charge is -2.39. The van der Waals surface area contributed by atoms with Crippen molar-refractivity contribution in [3.05, 3.63) is 57.5 Å². The van der Waals surface area contributed by atoms with Crippen LogP contribution in [-0.4, -0.2) is 44.7 Å². The normalized spacial score (nSPS) is 19.7. The summed E-state index contributed by atoms with van der Waals surface area (Å²) < 4.78 is 18.9. The van der Waals surface area contributed by atoms with Crippen LogP contribution in [-0.2, 0) is 17.9 Å². The fourth-order valence-electron chi connectivity index (χ4n) is 4.11. The summed E-state index contributed by atoms with van der Waals surface area (Å²) in [5.41, 5.74) is 1.53. The number of aliphatic imine (C=N–C) groups is 1. The van der Waals surface area contributed by atoms with Gasteiger partial charge in [-0.15, -0.1) is 35.3 Å². The van der Waals surface area contributed by atoms with Gasteiger partial charge in [0.25, 0.3) is 0 Å². The number of likely N-dealkylation sites (tertiary alicyclic amines) is 1. The monoisotopic (exact) mass is 560 g/mol. The third-order valence-corrected chi connectivity index (χ3v) is 6.49. The number of nitrogens with one attached hydrogen (secondary N) is 2. The van der Waals surface area contributed by atoms with Crippen LogP contribution in [0.5, 0.6) is 0 Å². The summed E-state index contributed by atoms with van der Waals surface area (Å²) in [5, 5.41) is 9.04. The van der Waals surface area contributed by atoms with Gasteiger partial charge in [-0.1, -0.05) is 12.1 Å². The topological polar surface area (TPSA) is 48.9 Å². The highest BCUT2D eigenvalue weighted by atomic mass is 127. The molecule has 3 rings (SSSR count). The first-order valence-corrected chi connectivity index (χ1v) is 11.5. The molecular formula is C23H34FIN4OS. The molecule has 31 heavy (non-hydrogen) atoms. The second kappa shape index (κ2) is 13.3. The van der Waals surface area contributed by atoms with Gasteiger partial charge in [-0.2, -0.15) is 0 Å². The summed E-state index contributed by atoms with van der Waals surface area (Å²) in [6, 6.07) is 9.93. The van der Waals surface area contributed by atoms with E-state index in [-0.39, 0.29) is 36.4 Å². The highest BCUT2D eigenvalue weighted by Crippen LogP contribution is 2.36. The van der Waals surface area contributed by atoms with Gasteiger partial charge in [0.2, 0.25) is 0 Å². The Morgan fingerprint density at radius 1 is 1.32 bits per heavy atom. The largest absolute Gasteiger partial charge is 0.380 e. The van der Waals surface area contributed by atoms with Crippen LogP contribution >= 0.6 is 35.3 Å². The van der Waals surface area contributed by atoms with E-state index in [1.807, 2.05) is 17.4 Å². The Bertz CT molecular complexity index is 818. The van der Waals surface area contributed by atoms with Gasteiger partial charge in [-0.3, -0.25) is 4.90 Å². The predicted octanol–water partition coefficient (Wildman–Crippen LogP) is 4.79. The van der Waals surface area contributed by atoms with Crippen molar-refractivity contribution in [1.29, 1.82) is 0 Å². The number of thiophene rings is 1. The van der Waals surface area contributed by atoms with Crippen molar-refractivity contribution in [2.45, 2.75) is 39.0 Å². The fraction of sp³-hybridized carbons (Fsp3) is 0.522. The quantitative estimate of drug-likeness (QED) is 0.277. The Balaban J connectivity index is 0.00000341. The molecule has 1 aromatic carbocycles. The van der Waals surface area contributed by atoms with Gasteiger partial charge in [0.1, 0.15) is 5.82 Å². The number of piperidine rings is 1. The average molecular weight is 561 g/mol. The van der Waals surface area contributed by atoms with Crippen LogP contribution in [0.3, 0.4) is 0 Å². The van der Waals surface area contributed by atoms with Crippen molar-refractivity contribution in [2.24, 2.45) is 10.9 Å². The molecule has 2 atom stereocenters. The van der Waals surface area contributed by atoms with Crippen LogP contribution in [0, 0.1) is 11.7 Å². The minimum absolute atomic E-state index is 0. The summed E-state index contributed by atoms with van der Waals surface area (Å²) in [4.78, 5) is 8.63. The maximum Gasteiger partial charge on any atom is 0.191 e. The molecule has 2 aromatic rings. The van der Waals surface area contributed by atoms with Crippen LogP contribution < -0.4 is 10.6 Å². The van der Waals surface area contributed by atoms with E-state index in [1.165, 1.54) is 23.8 Å². The Morgan fingerprint density at radius 2 is 2.16 bits per heavy atom. The fourth-order valence-corrected chi connectivity index (χ4v) is 5.10. The third-order valence-electron chi connectivity index (χ3n) is 5.55. The number of guanidine groups is 1. The van der Waals surface area contributed by atoms with Crippen LogP contribution in [0.1, 0.15) is 41.8 Å². The summed E-state index contributed by atoms with van der Waals surface area (Å²) in [5.74, 6) is 1.09. The lowest BCUT2D eigenvalue weighted by atomic mass is 9.88. The van der Waals surface area contributed by atoms with Gasteiger partial charge in [-0.25, -0.2) is 9.38 Å². The smallest absolute Gasteiger partial charge is 0.191 e. The van der Waals surface area contributed by atoms with Crippen molar-refractivity contribution in [2.75, 3.05) is 33.8 Å². The van der Waals surface area contributed by atoms with Gasteiger partial charge in [0.15, 0.2) is 5.96 Å². The molecule has 0 aliphatic carbocycles. The molecule has 2 unspecified atom stereocenters. The maximum atomic E-state index is 13.8. The number of nitrogens with zero attached hydrogens (tertiary/aromatic N) is 2. The first-order chi connectivity index (χ1) is 14.6. The molecule has 0 spiro atoms. The second-order valence-electron chi connectivity index (χ2n) is 7.78. The van der Waals surface area contributed by atoms with Crippen molar-refractivity contribution in [3.8, 4) is 0 Å². The summed E-state index contributed by atoms with van der Waals surface area (Å²) in [6.07, 6.45) is 2.42. The Hall–Kier alpha value is -1.23. The maximum absolute atomic E-state index is 13.8. The Morgan fingerprint density at radius 3 is 2.87 bits per heavy atom. The summed E-state index contributed by atoms with van der Waals surface area (Å²) in [6.45, 7) is 5.63. The van der Waals surface area contributed by atoms with Gasteiger partial charge < -0.3 is 15.4 Å². The number of rotatable bonds is 8. The number of hydrogen-bond donors (Lipinski definition) is 2. The molecule has 1 aliphatic rings. The van der Waals surface area contributed by atoms with Crippen molar-refractivity contribution in [1.82, 2.24) is 15.5 Å². The van der Waals surface area contributed by atoms with Gasteiger partial charge in [-0.05, 0) is 68.4 Å². The number of methoxy groups -OCH3 is 1. The molecule has 1 saturated heterocycles. The van der Waals surface area contributed by atoms with E-state index in [0.717, 1.165) is 31.2 Å². The average Bonchev–Trinajstić information content (AvgIpc) is 3.26. The lowest BCUT2D eigenvalue weighted by Crippen LogP contribution is -2.44. The zero-order valence-corrected chi connectivity index (χ0v) is 21.7. The van der Waals surface area contributed by atoms with Crippen LogP contribution in [0.15, 0.2) is 40.7 Å². The van der Waals surface area contributed by atoms with Gasteiger partial charge in [0.05, 0.1) is 13.2 Å². The molecule has 2 N–H and O–H groups in total. The van der Waals surface area contributed by atoms with E-state index in [2.05, 4.69) is 47.0 Å². The molecular weight excluding hydrogens is 526 g/mol. The molecule has 1 aliphatic heterocycles. The molecule has 0 amide bonds. The molecule has 1 fully saturated rings. The molecule has 0 radical (unpaired) electrons. The first kappa shape index (κ1) is 26.0. The molecule has 0 saturated carbocycles. The molecule has 1 aromatic heterocycles. The van der Waals surface area contributed by atoms with Crippen molar-refractivity contribution < 1.29 is 9.13 Å². The zero-order chi connectivity index (χ0) is 21.3. The number of hydrogen-bond acceptors (Lipinski definition) is 4. The molecule has 0 bridgehead atoms. The Kier molecular flexibility index (Phi) is 11.2. The zero-order valence-electron chi connectivity index (χ0n) is 18.6. The van der Waals surface area contributed by atoms with E-state index in [9.17, 15) is 4.39 Å². The highest BCUT2D eigenvalue weighted by molar-refractivity contribution is 14.0. The lowest BCUT2D eigenvalue weighted by molar-refractivity contribution is 0.125. The summed E-state index contributed by atoms with van der Waals surface area (Å²) in [7, 11) is 3.80. The van der Waals surface area contributed by atoms with Crippen molar-refractivity contribution in [3.63, 3.8) is 0 Å². The van der Waals surface area contributed by atoms with E-state index in [4.69, 9.17) is 9.73 Å². The van der Waals surface area contributed by atoms with Crippen LogP contribution in [0.25, 0.3) is 0 Å². The van der Waals surface area contributed by atoms with E-state index >= 15 is 0 Å². The SMILES string of the molecule is CCNC(=NCc1ccc(F)c(COC)c1)NCC1CCCN(C)C1c1cccs1.I. The van der Waals surface area contributed by atoms with E-state index < -0.39 is 0 Å². The van der Waals surface area contributed by atoms with E-state index in [1.54, 1.807) is 13.2 Å². The first-order valence-electron chi connectivity index (χ1n) is 10.6. The molecule has 5 nitrogen and oxygen atoms in total. The Labute approximate surface area is 206 Å². The second-order valence-corrected chi connectivity index (χ2v) is 8.76. The van der Waals surface area contributed by atoms with Crippen LogP contribution in [0.4, 0.5) is 4.39 Å². The number of benzene rings is 1. The summed E-state index contributed by atoms with van der Waals surface area (Å²) >= 11 is 1.84. The van der Waals surface area contributed by atoms with Gasteiger partial charge >= 0.3 is 0 Å².